The van der Waals surface area contributed by atoms with E-state index in [2.05, 4.69) is 4.98 Å². The summed E-state index contributed by atoms with van der Waals surface area (Å²) >= 11 is 0. The molecule has 2 aromatic rings. The Morgan fingerprint density at radius 1 is 1.41 bits per heavy atom. The van der Waals surface area contributed by atoms with Gasteiger partial charge in [-0.2, -0.15) is 5.26 Å². The molecule has 0 bridgehead atoms. The summed E-state index contributed by atoms with van der Waals surface area (Å²) in [6, 6.07) is 8.33. The van der Waals surface area contributed by atoms with E-state index in [-0.39, 0.29) is 43.6 Å². The molecule has 7 nitrogen and oxygen atoms in total. The maximum absolute atomic E-state index is 14.9. The van der Waals surface area contributed by atoms with Crippen LogP contribution in [0.4, 0.5) is 4.39 Å². The van der Waals surface area contributed by atoms with Crippen molar-refractivity contribution in [2.45, 2.75) is 38.6 Å². The molecular formula is C24H24FN3O4. The number of carbonyl (C=O) groups excluding carboxylic acids is 2. The molecule has 2 aliphatic rings. The average Bonchev–Trinajstić information content (AvgIpc) is 3.17. The molecule has 1 fully saturated rings. The summed E-state index contributed by atoms with van der Waals surface area (Å²) in [7, 11) is 0. The third-order valence-corrected chi connectivity index (χ3v) is 6.41. The molecule has 0 saturated carbocycles. The largest absolute Gasteiger partial charge is 0.457 e. The van der Waals surface area contributed by atoms with E-state index in [1.165, 1.54) is 12.3 Å². The smallest absolute Gasteiger partial charge is 0.338 e. The highest BCUT2D eigenvalue weighted by molar-refractivity contribution is 5.96. The molecule has 0 amide bonds. The molecule has 1 saturated heterocycles. The topological polar surface area (TPSA) is 104 Å². The van der Waals surface area contributed by atoms with E-state index >= 15 is 0 Å². The van der Waals surface area contributed by atoms with Crippen LogP contribution in [0, 0.1) is 24.2 Å². The van der Waals surface area contributed by atoms with Crippen LogP contribution in [0.3, 0.4) is 0 Å². The first-order valence-corrected chi connectivity index (χ1v) is 10.6. The maximum Gasteiger partial charge on any atom is 0.338 e. The molecule has 1 aromatic carbocycles. The van der Waals surface area contributed by atoms with Gasteiger partial charge in [0.25, 0.3) is 0 Å². The van der Waals surface area contributed by atoms with Crippen molar-refractivity contribution in [1.29, 1.82) is 5.26 Å². The van der Waals surface area contributed by atoms with Crippen LogP contribution >= 0.6 is 0 Å². The van der Waals surface area contributed by atoms with Gasteiger partial charge in [0.05, 0.1) is 11.7 Å². The third-order valence-electron chi connectivity index (χ3n) is 6.41. The van der Waals surface area contributed by atoms with Crippen LogP contribution in [0.25, 0.3) is 0 Å². The number of carbonyl (C=O) groups is 2. The summed E-state index contributed by atoms with van der Waals surface area (Å²) in [6.45, 7) is 3.06. The molecule has 166 valence electrons. The molecule has 2 aliphatic heterocycles. The van der Waals surface area contributed by atoms with Gasteiger partial charge in [-0.15, -0.1) is 0 Å². The number of pyridine rings is 1. The first-order chi connectivity index (χ1) is 15.4. The number of benzene rings is 1. The number of Topliss-reactive ketones (excluding diaryl/α,β-unsaturated/α-hetero) is 1. The molecule has 0 spiro atoms. The number of hydrogen-bond donors (Lipinski definition) is 1. The van der Waals surface area contributed by atoms with E-state index in [0.29, 0.717) is 29.7 Å². The predicted octanol–water partition coefficient (Wildman–Crippen LogP) is 2.90. The molecule has 0 radical (unpaired) electrons. The number of aromatic nitrogens is 1. The van der Waals surface area contributed by atoms with Crippen LogP contribution in [0.15, 0.2) is 30.5 Å². The number of cyclic esters (lactones) is 1. The molecule has 1 aromatic heterocycles. The second-order valence-corrected chi connectivity index (χ2v) is 8.39. The highest BCUT2D eigenvalue weighted by Gasteiger charge is 2.33. The Balaban J connectivity index is 1.34. The summed E-state index contributed by atoms with van der Waals surface area (Å²) in [5.41, 5.74) is 3.48. The summed E-state index contributed by atoms with van der Waals surface area (Å²) in [5, 5.41) is 19.6. The lowest BCUT2D eigenvalue weighted by Crippen LogP contribution is -2.44. The fraction of sp³-hybridized carbons (Fsp3) is 0.417. The summed E-state index contributed by atoms with van der Waals surface area (Å²) in [5.74, 6) is -0.928. The van der Waals surface area contributed by atoms with Crippen molar-refractivity contribution in [2.75, 3.05) is 19.6 Å². The number of esters is 1. The average molecular weight is 437 g/mol. The Hall–Kier alpha value is -3.15. The number of rotatable bonds is 6. The summed E-state index contributed by atoms with van der Waals surface area (Å²) in [4.78, 5) is 29.9. The number of β-amino-alcohol motifs (C(OH)–C–C–N with tert-alkyl or cyclic N) is 1. The third kappa shape index (κ3) is 4.40. The number of piperidine rings is 1. The zero-order chi connectivity index (χ0) is 22.8. The number of aliphatic hydroxyl groups is 1. The van der Waals surface area contributed by atoms with Crippen molar-refractivity contribution in [1.82, 2.24) is 9.88 Å². The molecule has 3 atom stereocenters. The number of likely N-dealkylation sites (tertiary alicyclic amines) is 1. The minimum absolute atomic E-state index is 0.0864. The van der Waals surface area contributed by atoms with E-state index < -0.39 is 18.2 Å². The predicted molar refractivity (Wildman–Crippen MR) is 113 cm³/mol. The number of hydrogen-bond acceptors (Lipinski definition) is 7. The lowest BCUT2D eigenvalue weighted by atomic mass is 9.88. The van der Waals surface area contributed by atoms with Crippen LogP contribution in [0.1, 0.15) is 62.0 Å². The fourth-order valence-electron chi connectivity index (χ4n) is 4.46. The van der Waals surface area contributed by atoms with Gasteiger partial charge in [0.1, 0.15) is 24.5 Å². The SMILES string of the molecule is Cc1c([C@@H](O)CN2CC[C@H](CC(=O)c3ccc(C#N)nc3)[C@H](F)C2)ccc2c1COC2=O. The van der Waals surface area contributed by atoms with E-state index in [1.54, 1.807) is 18.2 Å². The van der Waals surface area contributed by atoms with Crippen molar-refractivity contribution in [3.63, 3.8) is 0 Å². The first kappa shape index (κ1) is 22.1. The van der Waals surface area contributed by atoms with Crippen LogP contribution in [-0.2, 0) is 11.3 Å². The Bertz CT molecular complexity index is 1080. The summed E-state index contributed by atoms with van der Waals surface area (Å²) < 4.78 is 19.9. The van der Waals surface area contributed by atoms with Crippen LogP contribution in [-0.4, -0.2) is 52.5 Å². The van der Waals surface area contributed by atoms with Crippen LogP contribution in [0.5, 0.6) is 0 Å². The Labute approximate surface area is 185 Å². The number of aliphatic hydroxyl groups excluding tert-OH is 1. The Kier molecular flexibility index (Phi) is 6.31. The van der Waals surface area contributed by atoms with Crippen molar-refractivity contribution in [3.8, 4) is 6.07 Å². The monoisotopic (exact) mass is 437 g/mol. The van der Waals surface area contributed by atoms with E-state index in [0.717, 1.165) is 11.1 Å². The molecule has 3 heterocycles. The first-order valence-electron chi connectivity index (χ1n) is 10.6. The zero-order valence-corrected chi connectivity index (χ0v) is 17.8. The van der Waals surface area contributed by atoms with Gasteiger partial charge in [0.15, 0.2) is 5.78 Å². The van der Waals surface area contributed by atoms with Gasteiger partial charge in [0, 0.05) is 36.8 Å². The Morgan fingerprint density at radius 3 is 2.91 bits per heavy atom. The summed E-state index contributed by atoms with van der Waals surface area (Å²) in [6.07, 6.45) is -0.0424. The van der Waals surface area contributed by atoms with Gasteiger partial charge in [-0.25, -0.2) is 14.2 Å². The van der Waals surface area contributed by atoms with Crippen molar-refractivity contribution in [2.24, 2.45) is 5.92 Å². The lowest BCUT2D eigenvalue weighted by molar-refractivity contribution is 0.0412. The van der Waals surface area contributed by atoms with Gasteiger partial charge >= 0.3 is 5.97 Å². The molecule has 0 unspecified atom stereocenters. The van der Waals surface area contributed by atoms with Crippen LogP contribution in [0.2, 0.25) is 0 Å². The minimum Gasteiger partial charge on any atom is -0.457 e. The number of ketones is 1. The number of halogens is 1. The van der Waals surface area contributed by atoms with Crippen molar-refractivity contribution in [3.05, 3.63) is 64.0 Å². The highest BCUT2D eigenvalue weighted by Crippen LogP contribution is 2.31. The number of nitriles is 1. The number of fused-ring (bicyclic) bond motifs is 1. The number of ether oxygens (including phenoxy) is 1. The highest BCUT2D eigenvalue weighted by atomic mass is 19.1. The van der Waals surface area contributed by atoms with Gasteiger partial charge in [-0.3, -0.25) is 9.69 Å². The normalized spacial score (nSPS) is 21.5. The number of alkyl halides is 1. The maximum atomic E-state index is 14.9. The van der Waals surface area contributed by atoms with Crippen molar-refractivity contribution < 1.29 is 23.8 Å². The minimum atomic E-state index is -1.18. The van der Waals surface area contributed by atoms with Gasteiger partial charge in [-0.05, 0) is 55.1 Å². The van der Waals surface area contributed by atoms with Crippen molar-refractivity contribution >= 4 is 11.8 Å². The zero-order valence-electron chi connectivity index (χ0n) is 17.8. The molecule has 8 heteroatoms. The van der Waals surface area contributed by atoms with E-state index in [9.17, 15) is 19.1 Å². The second kappa shape index (κ2) is 9.15. The molecule has 1 N–H and O–H groups in total. The fourth-order valence-corrected chi connectivity index (χ4v) is 4.46. The Morgan fingerprint density at radius 2 is 2.22 bits per heavy atom. The molecule has 4 rings (SSSR count). The quantitative estimate of drug-likeness (QED) is 0.547. The van der Waals surface area contributed by atoms with Gasteiger partial charge in [-0.1, -0.05) is 6.07 Å². The van der Waals surface area contributed by atoms with Crippen LogP contribution < -0.4 is 0 Å². The second-order valence-electron chi connectivity index (χ2n) is 8.39. The molecule has 32 heavy (non-hydrogen) atoms. The van der Waals surface area contributed by atoms with E-state index in [1.807, 2.05) is 17.9 Å². The lowest BCUT2D eigenvalue weighted by Gasteiger charge is -2.35. The molecular weight excluding hydrogens is 413 g/mol. The molecule has 0 aliphatic carbocycles. The standard InChI is InChI=1S/C24H24FN3O4/c1-14-18(4-5-19-20(14)13-32-24(19)31)23(30)12-28-7-6-15(21(25)11-28)8-22(29)16-2-3-17(9-26)27-10-16/h2-5,10,15,21,23,30H,6-8,11-13H2,1H3/t15-,21-,23+/m1/s1. The van der Waals surface area contributed by atoms with Gasteiger partial charge in [0.2, 0.25) is 0 Å². The van der Waals surface area contributed by atoms with E-state index in [4.69, 9.17) is 10.00 Å². The van der Waals surface area contributed by atoms with Gasteiger partial charge < -0.3 is 9.84 Å². The number of nitrogens with zero attached hydrogens (tertiary/aromatic N) is 3.